The van der Waals surface area contributed by atoms with Crippen LogP contribution in [-0.2, 0) is 12.8 Å². The predicted octanol–water partition coefficient (Wildman–Crippen LogP) is 4.99. The number of thiazole rings is 1. The lowest BCUT2D eigenvalue weighted by Gasteiger charge is -2.29. The zero-order chi connectivity index (χ0) is 29.9. The van der Waals surface area contributed by atoms with Gasteiger partial charge in [-0.3, -0.25) is 9.59 Å². The van der Waals surface area contributed by atoms with Gasteiger partial charge >= 0.3 is 6.18 Å². The van der Waals surface area contributed by atoms with Crippen molar-refractivity contribution in [2.75, 3.05) is 13.1 Å². The molecule has 1 aromatic heterocycles. The Morgan fingerprint density at radius 1 is 1.12 bits per heavy atom. The Kier molecular flexibility index (Phi) is 9.29. The number of nitrogens with one attached hydrogen (secondary N) is 2. The monoisotopic (exact) mass is 600 g/mol. The number of hydrogen-bond donors (Lipinski definition) is 3. The number of likely N-dealkylation sites (tertiary alicyclic amines) is 1. The molecule has 2 aromatic carbocycles. The number of benzene rings is 2. The molecule has 0 bridgehead atoms. The van der Waals surface area contributed by atoms with Gasteiger partial charge in [0, 0.05) is 34.8 Å². The molecule has 0 radical (unpaired) electrons. The van der Waals surface area contributed by atoms with E-state index in [0.717, 1.165) is 42.1 Å². The molecule has 4 atom stereocenters. The van der Waals surface area contributed by atoms with Gasteiger partial charge in [-0.1, -0.05) is 30.3 Å². The Hall–Kier alpha value is -3.28. The summed E-state index contributed by atoms with van der Waals surface area (Å²) >= 11 is 1.46. The first-order valence-corrected chi connectivity index (χ1v) is 15.2. The van der Waals surface area contributed by atoms with Crippen molar-refractivity contribution in [2.24, 2.45) is 0 Å². The van der Waals surface area contributed by atoms with Crippen LogP contribution in [-0.4, -0.2) is 64.3 Å². The van der Waals surface area contributed by atoms with Crippen molar-refractivity contribution in [3.05, 3.63) is 86.9 Å². The lowest BCUT2D eigenvalue weighted by Crippen LogP contribution is -2.52. The summed E-state index contributed by atoms with van der Waals surface area (Å²) in [7, 11) is 0. The zero-order valence-electron chi connectivity index (χ0n) is 23.4. The molecule has 0 saturated carbocycles. The highest BCUT2D eigenvalue weighted by atomic mass is 32.1. The van der Waals surface area contributed by atoms with Crippen molar-refractivity contribution < 1.29 is 27.9 Å². The number of aryl methyl sites for hydroxylation is 1. The summed E-state index contributed by atoms with van der Waals surface area (Å²) in [5.41, 5.74) is 1.56. The second kappa shape index (κ2) is 12.9. The highest BCUT2D eigenvalue weighted by Crippen LogP contribution is 2.35. The Balaban J connectivity index is 1.43. The molecular formula is C31H35F3N4O3S. The quantitative estimate of drug-likeness (QED) is 0.322. The number of aliphatic hydroxyl groups excluding tert-OH is 1. The van der Waals surface area contributed by atoms with Crippen molar-refractivity contribution in [3.63, 3.8) is 0 Å². The van der Waals surface area contributed by atoms with Crippen LogP contribution < -0.4 is 10.6 Å². The summed E-state index contributed by atoms with van der Waals surface area (Å²) in [4.78, 5) is 33.5. The number of rotatable bonds is 9. The van der Waals surface area contributed by atoms with Crippen molar-refractivity contribution in [3.8, 4) is 0 Å². The summed E-state index contributed by atoms with van der Waals surface area (Å²) in [6.45, 7) is 3.08. The Morgan fingerprint density at radius 2 is 1.88 bits per heavy atom. The molecule has 0 unspecified atom stereocenters. The Bertz CT molecular complexity index is 1390. The number of amides is 2. The van der Waals surface area contributed by atoms with Crippen LogP contribution in [0.25, 0.3) is 0 Å². The number of halogens is 3. The Labute approximate surface area is 247 Å². The highest BCUT2D eigenvalue weighted by Gasteiger charge is 2.35. The van der Waals surface area contributed by atoms with Crippen molar-refractivity contribution in [2.45, 2.75) is 75.9 Å². The molecule has 3 heterocycles. The van der Waals surface area contributed by atoms with Gasteiger partial charge in [0.15, 0.2) is 0 Å². The van der Waals surface area contributed by atoms with Crippen molar-refractivity contribution in [1.82, 2.24) is 20.5 Å². The van der Waals surface area contributed by atoms with E-state index in [-0.39, 0.29) is 28.8 Å². The van der Waals surface area contributed by atoms with Crippen LogP contribution in [0.2, 0.25) is 0 Å². The average Bonchev–Trinajstić information content (AvgIpc) is 3.73. The first-order chi connectivity index (χ1) is 20.1. The average molecular weight is 601 g/mol. The highest BCUT2D eigenvalue weighted by molar-refractivity contribution is 7.09. The van der Waals surface area contributed by atoms with E-state index in [2.05, 4.69) is 15.6 Å². The smallest absolute Gasteiger partial charge is 0.389 e. The topological polar surface area (TPSA) is 94.6 Å². The van der Waals surface area contributed by atoms with Gasteiger partial charge in [0.25, 0.3) is 11.8 Å². The van der Waals surface area contributed by atoms with E-state index in [1.54, 1.807) is 4.90 Å². The fourth-order valence-corrected chi connectivity index (χ4v) is 6.84. The maximum absolute atomic E-state index is 13.7. The number of hydrogen-bond acceptors (Lipinski definition) is 6. The van der Waals surface area contributed by atoms with Crippen LogP contribution in [0.4, 0.5) is 13.2 Å². The molecule has 0 spiro atoms. The Morgan fingerprint density at radius 3 is 2.55 bits per heavy atom. The zero-order valence-corrected chi connectivity index (χ0v) is 24.2. The van der Waals surface area contributed by atoms with Crippen molar-refractivity contribution in [1.29, 1.82) is 0 Å². The number of aromatic nitrogens is 1. The molecule has 2 amide bonds. The van der Waals surface area contributed by atoms with E-state index >= 15 is 0 Å². The molecule has 0 aliphatic carbocycles. The standard InChI is InChI=1S/C31H35F3N4O3S/c1-19-18-42-29(36-19)26-10-6-12-38(26)30(41)23-14-21(17-31(32,33)34)13-22(16-23)28(40)37-25(15-20-7-3-2-4-8-20)27(39)24-9-5-11-35-24/h2-4,7-8,13-14,16,18,24-27,35,39H,5-6,9-12,15,17H2,1H3,(H,37,40)/t24-,25+,26-,27-/m1/s1. The predicted molar refractivity (Wildman–Crippen MR) is 154 cm³/mol. The van der Waals surface area contributed by atoms with Crippen LogP contribution in [0.1, 0.15) is 74.3 Å². The van der Waals surface area contributed by atoms with Gasteiger partial charge in [-0.25, -0.2) is 4.98 Å². The van der Waals surface area contributed by atoms with E-state index < -0.39 is 36.6 Å². The SMILES string of the molecule is Cc1csc([C@H]2CCCN2C(=O)c2cc(CC(F)(F)F)cc(C(=O)N[C@@H](Cc3ccccc3)[C@H](O)[C@H]3CCCN3)c2)n1. The van der Waals surface area contributed by atoms with Gasteiger partial charge in [0.2, 0.25) is 0 Å². The lowest BCUT2D eigenvalue weighted by atomic mass is 9.94. The van der Waals surface area contributed by atoms with Gasteiger partial charge in [-0.2, -0.15) is 13.2 Å². The molecule has 3 aromatic rings. The van der Waals surface area contributed by atoms with Crippen LogP contribution in [0.15, 0.2) is 53.9 Å². The molecule has 7 nitrogen and oxygen atoms in total. The minimum atomic E-state index is -4.52. The third kappa shape index (κ3) is 7.37. The number of alkyl halides is 3. The summed E-state index contributed by atoms with van der Waals surface area (Å²) in [5, 5.41) is 20.0. The second-order valence-electron chi connectivity index (χ2n) is 11.2. The van der Waals surface area contributed by atoms with Crippen LogP contribution >= 0.6 is 11.3 Å². The first-order valence-electron chi connectivity index (χ1n) is 14.3. The third-order valence-electron chi connectivity index (χ3n) is 7.88. The number of carbonyl (C=O) groups excluding carboxylic acids is 2. The van der Waals surface area contributed by atoms with Crippen LogP contribution in [0, 0.1) is 6.92 Å². The third-order valence-corrected chi connectivity index (χ3v) is 8.94. The molecule has 3 N–H and O–H groups in total. The van der Waals surface area contributed by atoms with E-state index in [4.69, 9.17) is 0 Å². The maximum atomic E-state index is 13.7. The van der Waals surface area contributed by atoms with Gasteiger partial charge in [-0.15, -0.1) is 11.3 Å². The van der Waals surface area contributed by atoms with Gasteiger partial charge < -0.3 is 20.6 Å². The molecule has 42 heavy (non-hydrogen) atoms. The van der Waals surface area contributed by atoms with E-state index in [0.29, 0.717) is 19.4 Å². The van der Waals surface area contributed by atoms with E-state index in [1.807, 2.05) is 42.6 Å². The number of aliphatic hydroxyl groups is 1. The largest absolute Gasteiger partial charge is 0.393 e. The summed E-state index contributed by atoms with van der Waals surface area (Å²) < 4.78 is 40.4. The fourth-order valence-electron chi connectivity index (χ4n) is 5.90. The number of nitrogens with zero attached hydrogens (tertiary/aromatic N) is 2. The molecular weight excluding hydrogens is 565 g/mol. The van der Waals surface area contributed by atoms with Crippen LogP contribution in [0.3, 0.4) is 0 Å². The molecule has 11 heteroatoms. The molecule has 5 rings (SSSR count). The molecule has 2 saturated heterocycles. The lowest BCUT2D eigenvalue weighted by molar-refractivity contribution is -0.127. The first kappa shape index (κ1) is 30.2. The fraction of sp³-hybridized carbons (Fsp3) is 0.452. The molecule has 224 valence electrons. The normalized spacial score (nSPS) is 20.5. The minimum Gasteiger partial charge on any atom is -0.389 e. The summed E-state index contributed by atoms with van der Waals surface area (Å²) in [6, 6.07) is 12.0. The molecule has 2 aliphatic heterocycles. The van der Waals surface area contributed by atoms with E-state index in [1.165, 1.54) is 29.5 Å². The summed E-state index contributed by atoms with van der Waals surface area (Å²) in [5.74, 6) is -1.07. The summed E-state index contributed by atoms with van der Waals surface area (Å²) in [6.07, 6.45) is -3.27. The van der Waals surface area contributed by atoms with Crippen molar-refractivity contribution >= 4 is 23.2 Å². The molecule has 2 fully saturated rings. The minimum absolute atomic E-state index is 0.0275. The van der Waals surface area contributed by atoms with E-state index in [9.17, 15) is 27.9 Å². The van der Waals surface area contributed by atoms with Gasteiger partial charge in [0.1, 0.15) is 5.01 Å². The van der Waals surface area contributed by atoms with Crippen LogP contribution in [0.5, 0.6) is 0 Å². The second-order valence-corrected chi connectivity index (χ2v) is 12.0. The number of carbonyl (C=O) groups is 2. The van der Waals surface area contributed by atoms with Gasteiger partial charge in [-0.05, 0) is 74.9 Å². The van der Waals surface area contributed by atoms with Gasteiger partial charge in [0.05, 0.1) is 24.6 Å². The molecule has 2 aliphatic rings. The maximum Gasteiger partial charge on any atom is 0.393 e.